The molecule has 0 heterocycles. The lowest BCUT2D eigenvalue weighted by atomic mass is 10.1. The van der Waals surface area contributed by atoms with Crippen molar-refractivity contribution in [2.24, 2.45) is 4.99 Å². The third-order valence-corrected chi connectivity index (χ3v) is 4.29. The molecule has 2 aromatic carbocycles. The number of para-hydroxylation sites is 1. The first-order valence-electron chi connectivity index (χ1n) is 11.3. The van der Waals surface area contributed by atoms with Gasteiger partial charge in [0, 0.05) is 12.1 Å². The van der Waals surface area contributed by atoms with Crippen molar-refractivity contribution in [3.63, 3.8) is 0 Å². The Labute approximate surface area is 207 Å². The van der Waals surface area contributed by atoms with Crippen LogP contribution in [0.5, 0.6) is 5.75 Å². The second-order valence-electron chi connectivity index (χ2n) is 9.72. The van der Waals surface area contributed by atoms with Gasteiger partial charge < -0.3 is 19.5 Å². The molecule has 2 rings (SSSR count). The van der Waals surface area contributed by atoms with E-state index in [4.69, 9.17) is 14.2 Å². The van der Waals surface area contributed by atoms with E-state index in [2.05, 4.69) is 22.2 Å². The zero-order chi connectivity index (χ0) is 26.1. The minimum atomic E-state index is -0.846. The Morgan fingerprint density at radius 1 is 0.914 bits per heavy atom. The summed E-state index contributed by atoms with van der Waals surface area (Å²) in [5.41, 5.74) is 1.34. The van der Waals surface area contributed by atoms with Crippen LogP contribution >= 0.6 is 0 Å². The minimum absolute atomic E-state index is 0.0969. The molecule has 2 N–H and O–H groups in total. The van der Waals surface area contributed by atoms with Gasteiger partial charge in [-0.1, -0.05) is 55.1 Å². The van der Waals surface area contributed by atoms with Gasteiger partial charge >= 0.3 is 12.2 Å². The first kappa shape index (κ1) is 27.4. The highest BCUT2D eigenvalue weighted by Crippen LogP contribution is 2.21. The highest BCUT2D eigenvalue weighted by molar-refractivity contribution is 5.98. The molecule has 0 unspecified atom stereocenters. The van der Waals surface area contributed by atoms with Crippen molar-refractivity contribution >= 4 is 24.2 Å². The SMILES string of the molecule is C=Cc1ccccc1COc1ccccc1CN/C(=N/C(=O)OC(C)(C)C)NC(=O)OC(C)(C)C. The Morgan fingerprint density at radius 3 is 2.14 bits per heavy atom. The van der Waals surface area contributed by atoms with Crippen LogP contribution in [0.4, 0.5) is 9.59 Å². The van der Waals surface area contributed by atoms with Gasteiger partial charge in [0.2, 0.25) is 5.96 Å². The van der Waals surface area contributed by atoms with Crippen LogP contribution in [0.2, 0.25) is 0 Å². The maximum absolute atomic E-state index is 12.3. The molecule has 0 saturated heterocycles. The van der Waals surface area contributed by atoms with Crippen molar-refractivity contribution in [2.75, 3.05) is 0 Å². The number of nitrogens with zero attached hydrogens (tertiary/aromatic N) is 1. The predicted molar refractivity (Wildman–Crippen MR) is 137 cm³/mol. The topological polar surface area (TPSA) is 98.3 Å². The molecule has 0 aromatic heterocycles. The highest BCUT2D eigenvalue weighted by Gasteiger charge is 2.20. The Kier molecular flexibility index (Phi) is 9.45. The van der Waals surface area contributed by atoms with E-state index in [0.29, 0.717) is 12.4 Å². The maximum atomic E-state index is 12.3. The van der Waals surface area contributed by atoms with Crippen molar-refractivity contribution in [3.05, 3.63) is 71.8 Å². The van der Waals surface area contributed by atoms with Crippen LogP contribution in [0.25, 0.3) is 6.08 Å². The molecule has 0 aliphatic heterocycles. The van der Waals surface area contributed by atoms with Crippen LogP contribution in [-0.4, -0.2) is 29.3 Å². The van der Waals surface area contributed by atoms with Gasteiger partial charge in [-0.05, 0) is 58.7 Å². The molecular weight excluding hydrogens is 446 g/mol. The summed E-state index contributed by atoms with van der Waals surface area (Å²) in [5, 5.41) is 5.45. The Balaban J connectivity index is 2.16. The molecule has 0 aliphatic rings. The zero-order valence-corrected chi connectivity index (χ0v) is 21.3. The van der Waals surface area contributed by atoms with E-state index < -0.39 is 23.4 Å². The van der Waals surface area contributed by atoms with E-state index in [1.807, 2.05) is 48.5 Å². The smallest absolute Gasteiger partial charge is 0.437 e. The number of benzene rings is 2. The van der Waals surface area contributed by atoms with E-state index in [1.165, 1.54) is 0 Å². The summed E-state index contributed by atoms with van der Waals surface area (Å²) < 4.78 is 16.6. The lowest BCUT2D eigenvalue weighted by molar-refractivity contribution is 0.0560. The van der Waals surface area contributed by atoms with Crippen LogP contribution in [0.3, 0.4) is 0 Å². The summed E-state index contributed by atoms with van der Waals surface area (Å²) in [4.78, 5) is 28.4. The number of rotatable bonds is 6. The van der Waals surface area contributed by atoms with E-state index in [9.17, 15) is 9.59 Å². The van der Waals surface area contributed by atoms with Gasteiger partial charge in [0.05, 0.1) is 0 Å². The van der Waals surface area contributed by atoms with Crippen molar-refractivity contribution < 1.29 is 23.8 Å². The van der Waals surface area contributed by atoms with E-state index in [-0.39, 0.29) is 12.5 Å². The lowest BCUT2D eigenvalue weighted by Gasteiger charge is -2.21. The van der Waals surface area contributed by atoms with Crippen LogP contribution in [-0.2, 0) is 22.6 Å². The summed E-state index contributed by atoms with van der Waals surface area (Å²) in [6, 6.07) is 15.3. The molecule has 0 spiro atoms. The number of hydrogen-bond donors (Lipinski definition) is 2. The predicted octanol–water partition coefficient (Wildman–Crippen LogP) is 5.81. The molecule has 35 heavy (non-hydrogen) atoms. The number of amides is 2. The number of ether oxygens (including phenoxy) is 3. The number of guanidine groups is 1. The highest BCUT2D eigenvalue weighted by atomic mass is 16.6. The number of carbonyl (C=O) groups excluding carboxylic acids is 2. The Bertz CT molecular complexity index is 1060. The molecular formula is C27H35N3O5. The van der Waals surface area contributed by atoms with Gasteiger partial charge in [-0.3, -0.25) is 5.32 Å². The Morgan fingerprint density at radius 2 is 1.51 bits per heavy atom. The molecule has 2 amide bonds. The van der Waals surface area contributed by atoms with Crippen LogP contribution < -0.4 is 15.4 Å². The number of aliphatic imine (C=N–C) groups is 1. The quantitative estimate of drug-likeness (QED) is 0.399. The number of nitrogens with one attached hydrogen (secondary N) is 2. The minimum Gasteiger partial charge on any atom is -0.489 e. The zero-order valence-electron chi connectivity index (χ0n) is 21.3. The number of hydrogen-bond acceptors (Lipinski definition) is 5. The molecule has 188 valence electrons. The molecule has 0 atom stereocenters. The Hall–Kier alpha value is -3.81. The van der Waals surface area contributed by atoms with Gasteiger partial charge in [-0.2, -0.15) is 0 Å². The van der Waals surface area contributed by atoms with E-state index in [0.717, 1.165) is 16.7 Å². The molecule has 8 heteroatoms. The van der Waals surface area contributed by atoms with Crippen LogP contribution in [0, 0.1) is 0 Å². The van der Waals surface area contributed by atoms with Gasteiger partial charge in [0.1, 0.15) is 23.6 Å². The maximum Gasteiger partial charge on any atom is 0.437 e. The molecule has 8 nitrogen and oxygen atoms in total. The third kappa shape index (κ3) is 10.3. The summed E-state index contributed by atoms with van der Waals surface area (Å²) in [7, 11) is 0. The number of alkyl carbamates (subject to hydrolysis) is 1. The van der Waals surface area contributed by atoms with Gasteiger partial charge in [0.25, 0.3) is 0 Å². The van der Waals surface area contributed by atoms with Gasteiger partial charge in [-0.25, -0.2) is 9.59 Å². The molecule has 0 radical (unpaired) electrons. The third-order valence-electron chi connectivity index (χ3n) is 4.29. The summed E-state index contributed by atoms with van der Waals surface area (Å²) in [5.74, 6) is 0.549. The molecule has 0 bridgehead atoms. The van der Waals surface area contributed by atoms with Crippen molar-refractivity contribution in [1.29, 1.82) is 0 Å². The van der Waals surface area contributed by atoms with Gasteiger partial charge in [-0.15, -0.1) is 4.99 Å². The molecule has 0 fully saturated rings. The summed E-state index contributed by atoms with van der Waals surface area (Å²) >= 11 is 0. The van der Waals surface area contributed by atoms with Crippen LogP contribution in [0.15, 0.2) is 60.1 Å². The monoisotopic (exact) mass is 481 g/mol. The summed E-state index contributed by atoms with van der Waals surface area (Å²) in [6.45, 7) is 14.8. The second-order valence-corrected chi connectivity index (χ2v) is 9.72. The fourth-order valence-corrected chi connectivity index (χ4v) is 2.88. The second kappa shape index (κ2) is 12.1. The van der Waals surface area contributed by atoms with Crippen molar-refractivity contribution in [3.8, 4) is 5.75 Å². The summed E-state index contributed by atoms with van der Waals surface area (Å²) in [6.07, 6.45) is 0.188. The molecule has 0 saturated carbocycles. The standard InChI is InChI=1S/C27H35N3O5/c1-8-19-13-9-10-15-21(19)18-33-22-16-12-11-14-20(22)17-28-23(29-24(31)34-26(2,3)4)30-25(32)35-27(5,6)7/h8-16H,1,17-18H2,2-7H3,(H2,28,29,30,31,32). The van der Waals surface area contributed by atoms with Crippen molar-refractivity contribution in [1.82, 2.24) is 10.6 Å². The normalized spacial score (nSPS) is 11.9. The van der Waals surface area contributed by atoms with Crippen molar-refractivity contribution in [2.45, 2.75) is 65.9 Å². The van der Waals surface area contributed by atoms with Crippen LogP contribution in [0.1, 0.15) is 58.2 Å². The molecule has 2 aromatic rings. The van der Waals surface area contributed by atoms with E-state index >= 15 is 0 Å². The van der Waals surface area contributed by atoms with Gasteiger partial charge in [0.15, 0.2) is 0 Å². The first-order chi connectivity index (χ1) is 16.4. The lowest BCUT2D eigenvalue weighted by Crippen LogP contribution is -2.44. The fraction of sp³-hybridized carbons (Fsp3) is 0.370. The average molecular weight is 482 g/mol. The van der Waals surface area contributed by atoms with E-state index in [1.54, 1.807) is 47.6 Å². The largest absolute Gasteiger partial charge is 0.489 e. The average Bonchev–Trinajstić information content (AvgIpc) is 2.74. The molecule has 0 aliphatic carbocycles. The first-order valence-corrected chi connectivity index (χ1v) is 11.3. The fourth-order valence-electron chi connectivity index (χ4n) is 2.88. The number of carbonyl (C=O) groups is 2.